The maximum absolute atomic E-state index is 8.41. The third kappa shape index (κ3) is 3.36. The average Bonchev–Trinajstić information content (AvgIpc) is 2.08. The van der Waals surface area contributed by atoms with E-state index in [2.05, 4.69) is 12.0 Å². The van der Waals surface area contributed by atoms with E-state index in [-0.39, 0.29) is 0 Å². The molecule has 11 heavy (non-hydrogen) atoms. The smallest absolute Gasteiger partial charge is 0.0991 e. The molecule has 1 rings (SSSR count). The van der Waals surface area contributed by atoms with Crippen LogP contribution in [0.5, 0.6) is 0 Å². The summed E-state index contributed by atoms with van der Waals surface area (Å²) < 4.78 is 0. The molecule has 0 radical (unpaired) electrons. The summed E-state index contributed by atoms with van der Waals surface area (Å²) in [7, 11) is 0. The molecule has 0 atom stereocenters. The molecule has 1 aromatic carbocycles. The first-order valence-electron chi connectivity index (χ1n) is 3.05. The van der Waals surface area contributed by atoms with Gasteiger partial charge in [-0.3, -0.25) is 0 Å². The van der Waals surface area contributed by atoms with Crippen LogP contribution in [0.25, 0.3) is 0 Å². The lowest BCUT2D eigenvalue weighted by Crippen LogP contribution is -1.73. The number of benzene rings is 1. The molecule has 0 bridgehead atoms. The molecular formula is C8H10N2O. The van der Waals surface area contributed by atoms with Crippen molar-refractivity contribution in [3.05, 3.63) is 35.4 Å². The van der Waals surface area contributed by atoms with Crippen LogP contribution in [-0.4, -0.2) is 5.21 Å². The first-order chi connectivity index (χ1) is 5.33. The Balaban J connectivity index is 0.000000461. The van der Waals surface area contributed by atoms with Gasteiger partial charge in [-0.15, -0.1) is 0 Å². The number of nitriles is 1. The highest BCUT2D eigenvalue weighted by Gasteiger charge is 1.86. The Bertz CT molecular complexity index is 253. The fourth-order valence-corrected chi connectivity index (χ4v) is 0.715. The normalized spacial score (nSPS) is 7.45. The van der Waals surface area contributed by atoms with Crippen molar-refractivity contribution >= 4 is 0 Å². The Labute approximate surface area is 65.6 Å². The SMILES string of the molecule is Cc1cccc(C#N)c1.NO. The highest BCUT2D eigenvalue weighted by Crippen LogP contribution is 2.00. The molecule has 0 amide bonds. The molecule has 0 aromatic heterocycles. The molecule has 3 N–H and O–H groups in total. The van der Waals surface area contributed by atoms with Gasteiger partial charge in [0.2, 0.25) is 0 Å². The lowest BCUT2D eigenvalue weighted by Gasteiger charge is -1.88. The molecule has 0 aliphatic carbocycles. The van der Waals surface area contributed by atoms with Crippen molar-refractivity contribution in [3.8, 4) is 6.07 Å². The van der Waals surface area contributed by atoms with Gasteiger partial charge in [0.05, 0.1) is 11.6 Å². The molecular weight excluding hydrogens is 140 g/mol. The van der Waals surface area contributed by atoms with Crippen LogP contribution in [-0.2, 0) is 0 Å². The van der Waals surface area contributed by atoms with Crippen LogP contribution >= 0.6 is 0 Å². The predicted molar refractivity (Wildman–Crippen MR) is 41.9 cm³/mol. The monoisotopic (exact) mass is 150 g/mol. The summed E-state index contributed by atoms with van der Waals surface area (Å²) >= 11 is 0. The lowest BCUT2D eigenvalue weighted by atomic mass is 10.2. The molecule has 0 saturated heterocycles. The van der Waals surface area contributed by atoms with Crippen molar-refractivity contribution < 1.29 is 5.21 Å². The molecule has 0 spiro atoms. The number of nitrogens with two attached hydrogens (primary N) is 1. The zero-order chi connectivity index (χ0) is 8.69. The summed E-state index contributed by atoms with van der Waals surface area (Å²) in [6, 6.07) is 9.58. The molecule has 58 valence electrons. The summed E-state index contributed by atoms with van der Waals surface area (Å²) in [5, 5.41) is 14.9. The van der Waals surface area contributed by atoms with E-state index in [9.17, 15) is 0 Å². The second-order valence-electron chi connectivity index (χ2n) is 1.98. The number of hydrogen-bond donors (Lipinski definition) is 2. The van der Waals surface area contributed by atoms with Gasteiger partial charge in [-0.1, -0.05) is 12.1 Å². The van der Waals surface area contributed by atoms with Crippen LogP contribution in [0.2, 0.25) is 0 Å². The van der Waals surface area contributed by atoms with E-state index in [1.165, 1.54) is 0 Å². The van der Waals surface area contributed by atoms with Crippen LogP contribution in [0.4, 0.5) is 0 Å². The third-order valence-electron chi connectivity index (χ3n) is 1.15. The van der Waals surface area contributed by atoms with Crippen LogP contribution in [0.1, 0.15) is 11.1 Å². The van der Waals surface area contributed by atoms with Gasteiger partial charge in [0, 0.05) is 0 Å². The molecule has 3 nitrogen and oxygen atoms in total. The molecule has 0 aliphatic heterocycles. The van der Waals surface area contributed by atoms with Crippen molar-refractivity contribution in [2.45, 2.75) is 6.92 Å². The minimum atomic E-state index is 0.731. The van der Waals surface area contributed by atoms with Crippen LogP contribution < -0.4 is 5.90 Å². The topological polar surface area (TPSA) is 70.0 Å². The first kappa shape index (κ1) is 9.63. The van der Waals surface area contributed by atoms with Gasteiger partial charge in [-0.2, -0.15) is 5.26 Å². The largest absolute Gasteiger partial charge is 0.320 e. The minimum Gasteiger partial charge on any atom is -0.320 e. The van der Waals surface area contributed by atoms with Crippen molar-refractivity contribution in [2.24, 2.45) is 5.90 Å². The fourth-order valence-electron chi connectivity index (χ4n) is 0.715. The molecule has 0 heterocycles. The zero-order valence-corrected chi connectivity index (χ0v) is 6.28. The average molecular weight is 150 g/mol. The predicted octanol–water partition coefficient (Wildman–Crippen LogP) is 1.20. The van der Waals surface area contributed by atoms with Crippen molar-refractivity contribution in [3.63, 3.8) is 0 Å². The Kier molecular flexibility index (Phi) is 4.74. The van der Waals surface area contributed by atoms with E-state index < -0.39 is 0 Å². The van der Waals surface area contributed by atoms with Crippen LogP contribution in [0.3, 0.4) is 0 Å². The van der Waals surface area contributed by atoms with Crippen LogP contribution in [0, 0.1) is 18.3 Å². The van der Waals surface area contributed by atoms with Gasteiger partial charge in [-0.05, 0) is 24.6 Å². The standard InChI is InChI=1S/C8H7N.H3NO/c1-7-3-2-4-8(5-7)6-9;1-2/h2-5H,1H3;2H,1H2. The van der Waals surface area contributed by atoms with E-state index in [4.69, 9.17) is 10.5 Å². The molecule has 1 aromatic rings. The lowest BCUT2D eigenvalue weighted by molar-refractivity contribution is 0.311. The number of aryl methyl sites for hydroxylation is 1. The second-order valence-corrected chi connectivity index (χ2v) is 1.98. The number of hydrogen-bond acceptors (Lipinski definition) is 3. The maximum atomic E-state index is 8.41. The maximum Gasteiger partial charge on any atom is 0.0991 e. The van der Waals surface area contributed by atoms with Gasteiger partial charge >= 0.3 is 0 Å². The number of nitrogens with zero attached hydrogens (tertiary/aromatic N) is 1. The quantitative estimate of drug-likeness (QED) is 0.546. The second kappa shape index (κ2) is 5.42. The van der Waals surface area contributed by atoms with Crippen molar-refractivity contribution in [2.75, 3.05) is 0 Å². The van der Waals surface area contributed by atoms with E-state index in [0.717, 1.165) is 11.1 Å². The van der Waals surface area contributed by atoms with E-state index in [1.54, 1.807) is 6.07 Å². The van der Waals surface area contributed by atoms with Gasteiger partial charge in [0.1, 0.15) is 0 Å². The number of rotatable bonds is 0. The summed E-state index contributed by atoms with van der Waals surface area (Å²) in [6.07, 6.45) is 0. The molecule has 0 unspecified atom stereocenters. The summed E-state index contributed by atoms with van der Waals surface area (Å²) in [5.41, 5.74) is 1.86. The highest BCUT2D eigenvalue weighted by atomic mass is 16.4. The Hall–Kier alpha value is -1.37. The van der Waals surface area contributed by atoms with E-state index in [1.807, 2.05) is 25.1 Å². The van der Waals surface area contributed by atoms with Crippen LogP contribution in [0.15, 0.2) is 24.3 Å². The Morgan fingerprint density at radius 2 is 2.09 bits per heavy atom. The summed E-state index contributed by atoms with van der Waals surface area (Å²) in [6.45, 7) is 1.97. The van der Waals surface area contributed by atoms with Gasteiger partial charge in [-0.25, -0.2) is 5.90 Å². The fraction of sp³-hybridized carbons (Fsp3) is 0.125. The third-order valence-corrected chi connectivity index (χ3v) is 1.15. The van der Waals surface area contributed by atoms with E-state index >= 15 is 0 Å². The zero-order valence-electron chi connectivity index (χ0n) is 6.28. The van der Waals surface area contributed by atoms with E-state index in [0.29, 0.717) is 0 Å². The molecule has 0 aliphatic rings. The Morgan fingerprint density at radius 3 is 2.45 bits per heavy atom. The molecule has 0 saturated carbocycles. The molecule has 3 heteroatoms. The van der Waals surface area contributed by atoms with Gasteiger partial charge in [0.25, 0.3) is 0 Å². The van der Waals surface area contributed by atoms with Gasteiger partial charge < -0.3 is 5.21 Å². The Morgan fingerprint density at radius 1 is 1.45 bits per heavy atom. The van der Waals surface area contributed by atoms with Gasteiger partial charge in [0.15, 0.2) is 0 Å². The first-order valence-corrected chi connectivity index (χ1v) is 3.05. The van der Waals surface area contributed by atoms with Crippen molar-refractivity contribution in [1.82, 2.24) is 0 Å². The summed E-state index contributed by atoms with van der Waals surface area (Å²) in [4.78, 5) is 0. The highest BCUT2D eigenvalue weighted by molar-refractivity contribution is 5.31. The minimum absolute atomic E-state index is 0.731. The molecule has 0 fully saturated rings. The van der Waals surface area contributed by atoms with Crippen molar-refractivity contribution in [1.29, 1.82) is 5.26 Å². The summed E-state index contributed by atoms with van der Waals surface area (Å²) in [5.74, 6) is 3.50.